The van der Waals surface area contributed by atoms with Gasteiger partial charge >= 0.3 is 0 Å². The van der Waals surface area contributed by atoms with Gasteiger partial charge in [0.05, 0.1) is 15.6 Å². The van der Waals surface area contributed by atoms with E-state index >= 15 is 0 Å². The Bertz CT molecular complexity index is 364. The molecule has 1 aromatic rings. The molecule has 1 rings (SSSR count). The molecule has 0 spiro atoms. The average Bonchev–Trinajstić information content (AvgIpc) is 2.07. The zero-order valence-corrected chi connectivity index (χ0v) is 10.9. The number of hydrogen-bond donors (Lipinski definition) is 1. The summed E-state index contributed by atoms with van der Waals surface area (Å²) in [5.74, 6) is 0. The van der Waals surface area contributed by atoms with E-state index in [1.54, 1.807) is 25.1 Å². The molecule has 0 aliphatic heterocycles. The molecule has 84 valence electrons. The number of halogens is 2. The first-order valence-electron chi connectivity index (χ1n) is 4.84. The van der Waals surface area contributed by atoms with Gasteiger partial charge in [-0.25, -0.2) is 0 Å². The fourth-order valence-electron chi connectivity index (χ4n) is 1.23. The molecule has 0 aliphatic carbocycles. The Balaban J connectivity index is 3.22. The largest absolute Gasteiger partial charge is 0.385 e. The lowest BCUT2D eigenvalue weighted by Crippen LogP contribution is -2.36. The van der Waals surface area contributed by atoms with E-state index in [-0.39, 0.29) is 5.41 Å². The lowest BCUT2D eigenvalue weighted by molar-refractivity contribution is -0.0470. The van der Waals surface area contributed by atoms with E-state index in [4.69, 9.17) is 23.2 Å². The van der Waals surface area contributed by atoms with Crippen LogP contribution in [-0.4, -0.2) is 5.11 Å². The van der Waals surface area contributed by atoms with Crippen molar-refractivity contribution >= 4 is 23.2 Å². The van der Waals surface area contributed by atoms with E-state index in [0.29, 0.717) is 10.0 Å². The van der Waals surface area contributed by atoms with Gasteiger partial charge in [0.2, 0.25) is 0 Å². The molecule has 0 radical (unpaired) electrons. The highest BCUT2D eigenvalue weighted by molar-refractivity contribution is 6.42. The van der Waals surface area contributed by atoms with Gasteiger partial charge in [-0.2, -0.15) is 0 Å². The van der Waals surface area contributed by atoms with Crippen LogP contribution in [0.2, 0.25) is 10.0 Å². The molecule has 0 aliphatic rings. The van der Waals surface area contributed by atoms with Gasteiger partial charge in [-0.1, -0.05) is 50.0 Å². The van der Waals surface area contributed by atoms with Crippen LogP contribution in [0, 0.1) is 5.41 Å². The van der Waals surface area contributed by atoms with Crippen LogP contribution < -0.4 is 0 Å². The smallest absolute Gasteiger partial charge is 0.0917 e. The summed E-state index contributed by atoms with van der Waals surface area (Å²) < 4.78 is 0. The summed E-state index contributed by atoms with van der Waals surface area (Å²) >= 11 is 11.8. The summed E-state index contributed by atoms with van der Waals surface area (Å²) in [4.78, 5) is 0. The highest BCUT2D eigenvalue weighted by atomic mass is 35.5. The number of rotatable bonds is 1. The number of hydrogen-bond acceptors (Lipinski definition) is 1. The molecule has 0 bridgehead atoms. The Kier molecular flexibility index (Phi) is 3.39. The fourth-order valence-corrected chi connectivity index (χ4v) is 1.53. The quantitative estimate of drug-likeness (QED) is 0.786. The van der Waals surface area contributed by atoms with Crippen LogP contribution in [0.4, 0.5) is 0 Å². The Morgan fingerprint density at radius 2 is 1.53 bits per heavy atom. The Labute approximate surface area is 101 Å². The van der Waals surface area contributed by atoms with Gasteiger partial charge in [0.25, 0.3) is 0 Å². The van der Waals surface area contributed by atoms with Crippen molar-refractivity contribution in [2.45, 2.75) is 33.3 Å². The molecule has 0 fully saturated rings. The third-order valence-electron chi connectivity index (χ3n) is 2.94. The van der Waals surface area contributed by atoms with Crippen molar-refractivity contribution in [2.24, 2.45) is 5.41 Å². The predicted molar refractivity (Wildman–Crippen MR) is 65.5 cm³/mol. The van der Waals surface area contributed by atoms with Gasteiger partial charge < -0.3 is 5.11 Å². The SMILES string of the molecule is CC(C)(C)C(C)(O)c1ccc(Cl)c(Cl)c1. The molecule has 0 heterocycles. The zero-order chi connectivity index (χ0) is 11.9. The van der Waals surface area contributed by atoms with Crippen molar-refractivity contribution in [3.05, 3.63) is 33.8 Å². The van der Waals surface area contributed by atoms with E-state index < -0.39 is 5.60 Å². The summed E-state index contributed by atoms with van der Waals surface area (Å²) in [6.45, 7) is 7.73. The number of benzene rings is 1. The van der Waals surface area contributed by atoms with Crippen molar-refractivity contribution < 1.29 is 5.11 Å². The molecular formula is C12H16Cl2O. The lowest BCUT2D eigenvalue weighted by atomic mass is 9.73. The summed E-state index contributed by atoms with van der Waals surface area (Å²) in [7, 11) is 0. The molecule has 1 unspecified atom stereocenters. The van der Waals surface area contributed by atoms with Crippen molar-refractivity contribution in [2.75, 3.05) is 0 Å². The molecule has 1 nitrogen and oxygen atoms in total. The molecule has 15 heavy (non-hydrogen) atoms. The van der Waals surface area contributed by atoms with Gasteiger partial charge in [0.15, 0.2) is 0 Å². The Hall–Kier alpha value is -0.240. The van der Waals surface area contributed by atoms with Gasteiger partial charge in [-0.3, -0.25) is 0 Å². The normalized spacial score (nSPS) is 16.2. The Morgan fingerprint density at radius 1 is 1.00 bits per heavy atom. The molecular weight excluding hydrogens is 231 g/mol. The second kappa shape index (κ2) is 3.97. The molecule has 1 N–H and O–H groups in total. The minimum absolute atomic E-state index is 0.260. The maximum absolute atomic E-state index is 10.4. The van der Waals surface area contributed by atoms with Crippen molar-refractivity contribution in [1.82, 2.24) is 0 Å². The maximum Gasteiger partial charge on any atom is 0.0917 e. The third-order valence-corrected chi connectivity index (χ3v) is 3.68. The lowest BCUT2D eigenvalue weighted by Gasteiger charge is -2.37. The van der Waals surface area contributed by atoms with Gasteiger partial charge in [-0.15, -0.1) is 0 Å². The van der Waals surface area contributed by atoms with E-state index in [2.05, 4.69) is 0 Å². The summed E-state index contributed by atoms with van der Waals surface area (Å²) in [6.07, 6.45) is 0. The first-order valence-corrected chi connectivity index (χ1v) is 5.60. The Morgan fingerprint density at radius 3 is 1.93 bits per heavy atom. The van der Waals surface area contributed by atoms with E-state index in [1.807, 2.05) is 20.8 Å². The maximum atomic E-state index is 10.4. The highest BCUT2D eigenvalue weighted by Gasteiger charge is 2.37. The molecule has 3 heteroatoms. The van der Waals surface area contributed by atoms with E-state index in [9.17, 15) is 5.11 Å². The predicted octanol–water partition coefficient (Wildman–Crippen LogP) is 4.25. The van der Waals surface area contributed by atoms with Crippen LogP contribution >= 0.6 is 23.2 Å². The van der Waals surface area contributed by atoms with Crippen LogP contribution in [0.1, 0.15) is 33.3 Å². The molecule has 0 aromatic heterocycles. The van der Waals surface area contributed by atoms with E-state index in [1.165, 1.54) is 0 Å². The number of aliphatic hydroxyl groups is 1. The van der Waals surface area contributed by atoms with Crippen molar-refractivity contribution in [3.63, 3.8) is 0 Å². The van der Waals surface area contributed by atoms with Gasteiger partial charge in [0, 0.05) is 0 Å². The first-order chi connectivity index (χ1) is 6.66. The fraction of sp³-hybridized carbons (Fsp3) is 0.500. The minimum Gasteiger partial charge on any atom is -0.385 e. The second-order valence-electron chi connectivity index (χ2n) is 4.95. The van der Waals surface area contributed by atoms with Crippen LogP contribution in [-0.2, 0) is 5.60 Å². The summed E-state index contributed by atoms with van der Waals surface area (Å²) in [5.41, 5.74) is -0.407. The van der Waals surface area contributed by atoms with Crippen molar-refractivity contribution in [3.8, 4) is 0 Å². The van der Waals surface area contributed by atoms with Crippen LogP contribution in [0.25, 0.3) is 0 Å². The summed E-state index contributed by atoms with van der Waals surface area (Å²) in [6, 6.07) is 5.23. The second-order valence-corrected chi connectivity index (χ2v) is 5.77. The molecule has 1 atom stereocenters. The minimum atomic E-state index is -0.929. The van der Waals surface area contributed by atoms with Crippen LogP contribution in [0.15, 0.2) is 18.2 Å². The highest BCUT2D eigenvalue weighted by Crippen LogP contribution is 2.40. The average molecular weight is 247 g/mol. The van der Waals surface area contributed by atoms with Crippen LogP contribution in [0.3, 0.4) is 0 Å². The van der Waals surface area contributed by atoms with Crippen molar-refractivity contribution in [1.29, 1.82) is 0 Å². The van der Waals surface area contributed by atoms with Crippen LogP contribution in [0.5, 0.6) is 0 Å². The molecule has 0 amide bonds. The molecule has 1 aromatic carbocycles. The summed E-state index contributed by atoms with van der Waals surface area (Å²) in [5, 5.41) is 11.4. The topological polar surface area (TPSA) is 20.2 Å². The zero-order valence-electron chi connectivity index (χ0n) is 9.44. The standard InChI is InChI=1S/C12H16Cl2O/c1-11(2,3)12(4,15)8-5-6-9(13)10(14)7-8/h5-7,15H,1-4H3. The van der Waals surface area contributed by atoms with Gasteiger partial charge in [-0.05, 0) is 30.0 Å². The third kappa shape index (κ3) is 2.47. The first kappa shape index (κ1) is 12.8. The molecule has 0 saturated carbocycles. The molecule has 0 saturated heterocycles. The van der Waals surface area contributed by atoms with Gasteiger partial charge in [0.1, 0.15) is 0 Å². The van der Waals surface area contributed by atoms with E-state index in [0.717, 1.165) is 5.56 Å². The monoisotopic (exact) mass is 246 g/mol.